The third kappa shape index (κ3) is 4.72. The number of aromatic nitrogens is 2. The second-order valence-corrected chi connectivity index (χ2v) is 7.65. The number of amides is 1. The van der Waals surface area contributed by atoms with Gasteiger partial charge < -0.3 is 9.64 Å². The van der Waals surface area contributed by atoms with Crippen LogP contribution in [0.15, 0.2) is 65.7 Å². The molecule has 0 atom stereocenters. The summed E-state index contributed by atoms with van der Waals surface area (Å²) in [6.07, 6.45) is 4.81. The van der Waals surface area contributed by atoms with Crippen molar-refractivity contribution in [1.82, 2.24) is 14.5 Å². The molecule has 3 heterocycles. The van der Waals surface area contributed by atoms with Crippen LogP contribution in [-0.4, -0.2) is 39.6 Å². The van der Waals surface area contributed by atoms with Crippen LogP contribution in [0.1, 0.15) is 34.5 Å². The lowest BCUT2D eigenvalue weighted by molar-refractivity contribution is -0.00166. The van der Waals surface area contributed by atoms with Crippen molar-refractivity contribution >= 4 is 5.91 Å². The average molecular weight is 421 g/mol. The normalized spacial score (nSPS) is 14.6. The third-order valence-corrected chi connectivity index (χ3v) is 5.54. The topological polar surface area (TPSA) is 64.4 Å². The Labute approximate surface area is 179 Å². The summed E-state index contributed by atoms with van der Waals surface area (Å²) in [7, 11) is 0. The lowest BCUT2D eigenvalue weighted by Crippen LogP contribution is -2.43. The molecule has 7 heteroatoms. The number of hydrogen-bond acceptors (Lipinski definition) is 4. The van der Waals surface area contributed by atoms with Gasteiger partial charge in [-0.2, -0.15) is 0 Å². The molecule has 1 aliphatic heterocycles. The fraction of sp³-hybridized carbons (Fsp3) is 0.292. The zero-order valence-corrected chi connectivity index (χ0v) is 17.3. The van der Waals surface area contributed by atoms with Crippen molar-refractivity contribution in [3.05, 3.63) is 93.9 Å². The number of carbonyl (C=O) groups is 1. The maximum Gasteiger partial charge on any atom is 0.268 e. The highest BCUT2D eigenvalue weighted by Crippen LogP contribution is 2.18. The predicted octanol–water partition coefficient (Wildman–Crippen LogP) is 3.50. The van der Waals surface area contributed by atoms with E-state index in [2.05, 4.69) is 4.98 Å². The molecule has 0 unspecified atom stereocenters. The molecule has 0 N–H and O–H groups in total. The summed E-state index contributed by atoms with van der Waals surface area (Å²) in [5.41, 5.74) is 1.77. The third-order valence-electron chi connectivity index (χ3n) is 5.54. The number of ether oxygens (including phenoxy) is 1. The Morgan fingerprint density at radius 3 is 2.55 bits per heavy atom. The number of halogens is 1. The van der Waals surface area contributed by atoms with Crippen LogP contribution in [0.3, 0.4) is 0 Å². The van der Waals surface area contributed by atoms with Gasteiger partial charge in [-0.25, -0.2) is 4.39 Å². The average Bonchev–Trinajstić information content (AvgIpc) is 2.79. The SMILES string of the molecule is Cc1ccn(-c2ccc(F)cc2)c(=O)c1C(=O)N1CCC(OCc2ccccn2)CC1. The van der Waals surface area contributed by atoms with E-state index in [1.807, 2.05) is 18.2 Å². The Hall–Kier alpha value is -3.32. The fourth-order valence-electron chi connectivity index (χ4n) is 3.76. The van der Waals surface area contributed by atoms with Gasteiger partial charge in [-0.15, -0.1) is 0 Å². The molecule has 6 nitrogen and oxygen atoms in total. The van der Waals surface area contributed by atoms with Crippen LogP contribution in [0.2, 0.25) is 0 Å². The van der Waals surface area contributed by atoms with Crippen LogP contribution in [0.25, 0.3) is 5.69 Å². The highest BCUT2D eigenvalue weighted by Gasteiger charge is 2.27. The number of likely N-dealkylation sites (tertiary alicyclic amines) is 1. The zero-order chi connectivity index (χ0) is 21.8. The molecule has 160 valence electrons. The number of pyridine rings is 2. The maximum atomic E-state index is 13.2. The second-order valence-electron chi connectivity index (χ2n) is 7.65. The van der Waals surface area contributed by atoms with Crippen LogP contribution in [0.5, 0.6) is 0 Å². The molecule has 1 fully saturated rings. The van der Waals surface area contributed by atoms with E-state index in [0.29, 0.717) is 43.8 Å². The van der Waals surface area contributed by atoms with Crippen molar-refractivity contribution in [3.8, 4) is 5.69 Å². The lowest BCUT2D eigenvalue weighted by atomic mass is 10.0. The van der Waals surface area contributed by atoms with Crippen molar-refractivity contribution in [2.24, 2.45) is 0 Å². The first-order valence-electron chi connectivity index (χ1n) is 10.3. The van der Waals surface area contributed by atoms with E-state index in [9.17, 15) is 14.0 Å². The van der Waals surface area contributed by atoms with Crippen LogP contribution in [0.4, 0.5) is 4.39 Å². The van der Waals surface area contributed by atoms with E-state index in [1.54, 1.807) is 30.3 Å². The highest BCUT2D eigenvalue weighted by atomic mass is 19.1. The van der Waals surface area contributed by atoms with Gasteiger partial charge in [-0.1, -0.05) is 6.07 Å². The van der Waals surface area contributed by atoms with Gasteiger partial charge in [0.2, 0.25) is 0 Å². The minimum atomic E-state index is -0.398. The summed E-state index contributed by atoms with van der Waals surface area (Å²) < 4.78 is 20.6. The molecule has 1 amide bonds. The first kappa shape index (κ1) is 20.9. The van der Waals surface area contributed by atoms with E-state index in [4.69, 9.17) is 4.74 Å². The van der Waals surface area contributed by atoms with Gasteiger partial charge in [0.25, 0.3) is 11.5 Å². The molecule has 3 aromatic rings. The van der Waals surface area contributed by atoms with Gasteiger partial charge >= 0.3 is 0 Å². The van der Waals surface area contributed by atoms with E-state index < -0.39 is 5.56 Å². The number of nitrogens with zero attached hydrogens (tertiary/aromatic N) is 3. The van der Waals surface area contributed by atoms with Crippen molar-refractivity contribution in [1.29, 1.82) is 0 Å². The number of carbonyl (C=O) groups excluding carboxylic acids is 1. The molecule has 0 aliphatic carbocycles. The second kappa shape index (κ2) is 9.22. The molecule has 0 spiro atoms. The van der Waals surface area contributed by atoms with E-state index in [0.717, 1.165) is 5.69 Å². The van der Waals surface area contributed by atoms with Crippen LogP contribution in [-0.2, 0) is 11.3 Å². The number of rotatable bonds is 5. The minimum absolute atomic E-state index is 0.0544. The molecule has 0 saturated carbocycles. The van der Waals surface area contributed by atoms with E-state index in [-0.39, 0.29) is 23.4 Å². The summed E-state index contributed by atoms with van der Waals surface area (Å²) in [6.45, 7) is 3.25. The Morgan fingerprint density at radius 2 is 1.87 bits per heavy atom. The largest absolute Gasteiger partial charge is 0.372 e. The molecule has 1 saturated heterocycles. The Kier molecular flexibility index (Phi) is 6.23. The number of benzene rings is 1. The van der Waals surface area contributed by atoms with Gasteiger partial charge in [0.15, 0.2) is 0 Å². The number of hydrogen-bond donors (Lipinski definition) is 0. The first-order valence-corrected chi connectivity index (χ1v) is 10.3. The number of aryl methyl sites for hydroxylation is 1. The van der Waals surface area contributed by atoms with E-state index >= 15 is 0 Å². The van der Waals surface area contributed by atoms with Gasteiger partial charge in [0.05, 0.1) is 18.4 Å². The molecule has 0 radical (unpaired) electrons. The van der Waals surface area contributed by atoms with Crippen molar-refractivity contribution in [2.45, 2.75) is 32.5 Å². The Balaban J connectivity index is 1.44. The molecule has 0 bridgehead atoms. The summed E-state index contributed by atoms with van der Waals surface area (Å²) in [5.74, 6) is -0.657. The lowest BCUT2D eigenvalue weighted by Gasteiger charge is -2.32. The number of piperidine rings is 1. The van der Waals surface area contributed by atoms with Gasteiger partial charge in [0, 0.05) is 31.2 Å². The van der Waals surface area contributed by atoms with Crippen molar-refractivity contribution in [3.63, 3.8) is 0 Å². The van der Waals surface area contributed by atoms with Crippen LogP contribution >= 0.6 is 0 Å². The van der Waals surface area contributed by atoms with Gasteiger partial charge in [-0.3, -0.25) is 19.1 Å². The summed E-state index contributed by atoms with van der Waals surface area (Å²) in [5, 5.41) is 0. The molecule has 31 heavy (non-hydrogen) atoms. The summed E-state index contributed by atoms with van der Waals surface area (Å²) in [6, 6.07) is 13.1. The van der Waals surface area contributed by atoms with Crippen LogP contribution in [0, 0.1) is 12.7 Å². The molecular weight excluding hydrogens is 397 g/mol. The highest BCUT2D eigenvalue weighted by molar-refractivity contribution is 5.95. The van der Waals surface area contributed by atoms with Crippen molar-refractivity contribution < 1.29 is 13.9 Å². The molecular formula is C24H24FN3O3. The maximum absolute atomic E-state index is 13.2. The van der Waals surface area contributed by atoms with Crippen molar-refractivity contribution in [2.75, 3.05) is 13.1 Å². The molecule has 4 rings (SSSR count). The molecule has 1 aliphatic rings. The van der Waals surface area contributed by atoms with Gasteiger partial charge in [-0.05, 0) is 67.8 Å². The fourth-order valence-corrected chi connectivity index (χ4v) is 3.76. The zero-order valence-electron chi connectivity index (χ0n) is 17.3. The molecule has 2 aromatic heterocycles. The predicted molar refractivity (Wildman–Crippen MR) is 115 cm³/mol. The van der Waals surface area contributed by atoms with Gasteiger partial charge in [0.1, 0.15) is 11.4 Å². The van der Waals surface area contributed by atoms with E-state index in [1.165, 1.54) is 28.8 Å². The quantitative estimate of drug-likeness (QED) is 0.633. The standard InChI is InChI=1S/C24H24FN3O3/c1-17-9-15-28(20-7-5-18(25)6-8-20)24(30)22(17)23(29)27-13-10-21(11-14-27)31-16-19-4-2-3-12-26-19/h2-9,12,15,21H,10-11,13-14,16H2,1H3. The first-order chi connectivity index (χ1) is 15.0. The Bertz CT molecular complexity index is 1110. The Morgan fingerprint density at radius 1 is 1.13 bits per heavy atom. The summed E-state index contributed by atoms with van der Waals surface area (Å²) in [4.78, 5) is 32.2. The smallest absolute Gasteiger partial charge is 0.268 e. The summed E-state index contributed by atoms with van der Waals surface area (Å²) >= 11 is 0. The van der Waals surface area contributed by atoms with Crippen LogP contribution < -0.4 is 5.56 Å². The molecule has 1 aromatic carbocycles. The minimum Gasteiger partial charge on any atom is -0.372 e. The monoisotopic (exact) mass is 421 g/mol.